The number of nitrogens with zero attached hydrogens (tertiary/aromatic N) is 6. The highest BCUT2D eigenvalue weighted by molar-refractivity contribution is 5.49. The summed E-state index contributed by atoms with van der Waals surface area (Å²) in [6.07, 6.45) is 1.37. The lowest BCUT2D eigenvalue weighted by Gasteiger charge is -2.03. The molecule has 0 N–H and O–H groups in total. The smallest absolute Gasteiger partial charge is 0.358 e. The van der Waals surface area contributed by atoms with Crippen molar-refractivity contribution < 1.29 is 4.92 Å². The summed E-state index contributed by atoms with van der Waals surface area (Å²) >= 11 is 0. The minimum Gasteiger partial charge on any atom is -0.358 e. The van der Waals surface area contributed by atoms with Gasteiger partial charge in [-0.2, -0.15) is 10.4 Å². The van der Waals surface area contributed by atoms with Crippen molar-refractivity contribution in [3.8, 4) is 11.9 Å². The molecule has 0 fully saturated rings. The van der Waals surface area contributed by atoms with Crippen LogP contribution in [0.25, 0.3) is 5.82 Å². The zero-order valence-electron chi connectivity index (χ0n) is 9.65. The van der Waals surface area contributed by atoms with Crippen molar-refractivity contribution in [1.29, 1.82) is 5.26 Å². The number of rotatable bonds is 2. The van der Waals surface area contributed by atoms with Crippen LogP contribution in [-0.2, 0) is 0 Å². The Morgan fingerprint density at radius 2 is 2.17 bits per heavy atom. The van der Waals surface area contributed by atoms with E-state index in [1.165, 1.54) is 16.9 Å². The summed E-state index contributed by atoms with van der Waals surface area (Å²) in [5.41, 5.74) is 1.62. The van der Waals surface area contributed by atoms with Crippen molar-refractivity contribution in [3.05, 3.63) is 39.2 Å². The molecule has 0 aromatic carbocycles. The summed E-state index contributed by atoms with van der Waals surface area (Å²) in [5, 5.41) is 31.1. The van der Waals surface area contributed by atoms with Gasteiger partial charge in [0.2, 0.25) is 5.82 Å². The average Bonchev–Trinajstić information content (AvgIpc) is 2.82. The van der Waals surface area contributed by atoms with Gasteiger partial charge in [0.05, 0.1) is 23.1 Å². The molecular weight excluding hydrogens is 236 g/mol. The lowest BCUT2D eigenvalue weighted by Crippen LogP contribution is -2.07. The third-order valence-electron chi connectivity index (χ3n) is 2.53. The molecule has 0 saturated heterocycles. The largest absolute Gasteiger partial charge is 0.390 e. The topological polar surface area (TPSA) is 111 Å². The third-order valence-corrected chi connectivity index (χ3v) is 2.53. The molecular formula is C10H8N6O2. The third kappa shape index (κ3) is 1.78. The van der Waals surface area contributed by atoms with E-state index >= 15 is 0 Å². The summed E-state index contributed by atoms with van der Waals surface area (Å²) < 4.78 is 1.18. The minimum absolute atomic E-state index is 0.189. The Morgan fingerprint density at radius 1 is 1.44 bits per heavy atom. The first kappa shape index (κ1) is 11.7. The summed E-state index contributed by atoms with van der Waals surface area (Å²) in [4.78, 5) is 9.94. The molecule has 18 heavy (non-hydrogen) atoms. The van der Waals surface area contributed by atoms with Gasteiger partial charge < -0.3 is 10.1 Å². The van der Waals surface area contributed by atoms with E-state index in [0.29, 0.717) is 16.8 Å². The van der Waals surface area contributed by atoms with Crippen molar-refractivity contribution in [2.75, 3.05) is 0 Å². The molecule has 0 aliphatic rings. The van der Waals surface area contributed by atoms with Gasteiger partial charge in [0.25, 0.3) is 0 Å². The minimum atomic E-state index is -0.614. The van der Waals surface area contributed by atoms with E-state index < -0.39 is 4.92 Å². The molecule has 0 aliphatic carbocycles. The Balaban J connectivity index is 2.61. The number of nitro groups is 1. The fraction of sp³-hybridized carbons (Fsp3) is 0.200. The average molecular weight is 244 g/mol. The summed E-state index contributed by atoms with van der Waals surface area (Å²) in [6.45, 7) is 3.47. The van der Waals surface area contributed by atoms with E-state index in [4.69, 9.17) is 5.26 Å². The van der Waals surface area contributed by atoms with E-state index in [2.05, 4.69) is 15.3 Å². The molecule has 0 atom stereocenters. The number of hydrogen-bond acceptors (Lipinski definition) is 6. The number of aromatic nitrogens is 4. The Labute approximate surface area is 102 Å². The monoisotopic (exact) mass is 244 g/mol. The fourth-order valence-electron chi connectivity index (χ4n) is 1.42. The van der Waals surface area contributed by atoms with Crippen LogP contribution in [0.4, 0.5) is 5.82 Å². The van der Waals surface area contributed by atoms with Crippen LogP contribution in [0.2, 0.25) is 0 Å². The first-order chi connectivity index (χ1) is 8.54. The summed E-state index contributed by atoms with van der Waals surface area (Å²) in [6, 6.07) is 3.24. The van der Waals surface area contributed by atoms with Gasteiger partial charge >= 0.3 is 5.82 Å². The molecule has 0 radical (unpaired) electrons. The van der Waals surface area contributed by atoms with Crippen LogP contribution in [0.5, 0.6) is 0 Å². The summed E-state index contributed by atoms with van der Waals surface area (Å²) in [7, 11) is 0. The highest BCUT2D eigenvalue weighted by Crippen LogP contribution is 2.17. The van der Waals surface area contributed by atoms with Crippen molar-refractivity contribution in [2.45, 2.75) is 13.8 Å². The van der Waals surface area contributed by atoms with E-state index in [0.717, 1.165) is 0 Å². The molecule has 0 saturated carbocycles. The maximum Gasteiger partial charge on any atom is 0.390 e. The zero-order chi connectivity index (χ0) is 13.3. The van der Waals surface area contributed by atoms with Gasteiger partial charge in [0, 0.05) is 0 Å². The lowest BCUT2D eigenvalue weighted by molar-refractivity contribution is -0.389. The molecule has 8 heteroatoms. The van der Waals surface area contributed by atoms with Crippen LogP contribution >= 0.6 is 0 Å². The van der Waals surface area contributed by atoms with E-state index in [1.54, 1.807) is 13.8 Å². The van der Waals surface area contributed by atoms with E-state index in [-0.39, 0.29) is 11.6 Å². The van der Waals surface area contributed by atoms with Crippen LogP contribution in [0.15, 0.2) is 12.3 Å². The number of aryl methyl sites for hydroxylation is 1. The predicted octanol–water partition coefficient (Wildman–Crippen LogP) is 1.06. The maximum absolute atomic E-state index is 10.5. The Bertz CT molecular complexity index is 669. The molecule has 90 valence electrons. The molecule has 2 aromatic rings. The second kappa shape index (κ2) is 4.21. The second-order valence-electron chi connectivity index (χ2n) is 3.60. The first-order valence-corrected chi connectivity index (χ1v) is 4.99. The van der Waals surface area contributed by atoms with E-state index in [9.17, 15) is 10.1 Å². The predicted molar refractivity (Wildman–Crippen MR) is 60.0 cm³/mol. The van der Waals surface area contributed by atoms with Crippen molar-refractivity contribution in [1.82, 2.24) is 20.0 Å². The van der Waals surface area contributed by atoms with Crippen molar-refractivity contribution in [2.24, 2.45) is 0 Å². The molecule has 2 rings (SSSR count). The van der Waals surface area contributed by atoms with Crippen molar-refractivity contribution in [3.63, 3.8) is 0 Å². The SMILES string of the molecule is Cc1nnc(-n2ccc([N+](=O)[O-])n2)c(C#N)c1C. The molecule has 8 nitrogen and oxygen atoms in total. The number of nitriles is 1. The Hall–Kier alpha value is -2.82. The first-order valence-electron chi connectivity index (χ1n) is 4.99. The molecule has 0 aliphatic heterocycles. The number of hydrogen-bond donors (Lipinski definition) is 0. The van der Waals surface area contributed by atoms with Crippen LogP contribution in [0.3, 0.4) is 0 Å². The van der Waals surface area contributed by atoms with Crippen LogP contribution in [0, 0.1) is 35.3 Å². The lowest BCUT2D eigenvalue weighted by atomic mass is 10.1. The van der Waals surface area contributed by atoms with Gasteiger partial charge in [0.15, 0.2) is 0 Å². The molecule has 0 bridgehead atoms. The van der Waals surface area contributed by atoms with Crippen LogP contribution in [-0.4, -0.2) is 24.9 Å². The molecule has 2 heterocycles. The van der Waals surface area contributed by atoms with Crippen LogP contribution < -0.4 is 0 Å². The maximum atomic E-state index is 10.5. The highest BCUT2D eigenvalue weighted by Gasteiger charge is 2.18. The Kier molecular flexibility index (Phi) is 2.73. The van der Waals surface area contributed by atoms with Gasteiger partial charge in [0.1, 0.15) is 11.6 Å². The van der Waals surface area contributed by atoms with Gasteiger partial charge in [-0.3, -0.25) is 0 Å². The van der Waals surface area contributed by atoms with E-state index in [1.807, 2.05) is 6.07 Å². The fourth-order valence-corrected chi connectivity index (χ4v) is 1.42. The quantitative estimate of drug-likeness (QED) is 0.576. The zero-order valence-corrected chi connectivity index (χ0v) is 9.65. The standard InChI is InChI=1S/C10H8N6O2/c1-6-7(2)12-13-10(8(6)5-11)15-4-3-9(14-15)16(17)18/h3-4H,1-2H3. The molecule has 0 spiro atoms. The van der Waals surface area contributed by atoms with Crippen molar-refractivity contribution >= 4 is 5.82 Å². The molecule has 2 aromatic heterocycles. The Morgan fingerprint density at radius 3 is 2.72 bits per heavy atom. The molecule has 0 amide bonds. The van der Waals surface area contributed by atoms with Gasteiger partial charge in [-0.15, -0.1) is 9.78 Å². The van der Waals surface area contributed by atoms with Crippen LogP contribution in [0.1, 0.15) is 16.8 Å². The molecule has 0 unspecified atom stereocenters. The van der Waals surface area contributed by atoms with Gasteiger partial charge in [-0.1, -0.05) is 0 Å². The van der Waals surface area contributed by atoms with Gasteiger partial charge in [-0.05, 0) is 24.3 Å². The highest BCUT2D eigenvalue weighted by atomic mass is 16.6. The van der Waals surface area contributed by atoms with Gasteiger partial charge in [-0.25, -0.2) is 0 Å². The normalized spacial score (nSPS) is 10.1. The second-order valence-corrected chi connectivity index (χ2v) is 3.60. The summed E-state index contributed by atoms with van der Waals surface area (Å²) in [5.74, 6) is -0.118.